The molecule has 1 fully saturated rings. The van der Waals surface area contributed by atoms with Crippen LogP contribution in [0.4, 0.5) is 13.2 Å². The Balaban J connectivity index is 1.36. The number of amides is 1. The first kappa shape index (κ1) is 25.4. The molecule has 4 aliphatic rings. The maximum Gasteiger partial charge on any atom is 0.274 e. The van der Waals surface area contributed by atoms with Crippen molar-refractivity contribution in [3.05, 3.63) is 62.8 Å². The van der Waals surface area contributed by atoms with E-state index in [2.05, 4.69) is 9.55 Å². The Morgan fingerprint density at radius 3 is 2.66 bits per heavy atom. The molecule has 13 heteroatoms. The predicted octanol–water partition coefficient (Wildman–Crippen LogP) is 4.72. The van der Waals surface area contributed by atoms with Crippen LogP contribution in [-0.2, 0) is 11.3 Å². The highest BCUT2D eigenvalue weighted by atomic mass is 32.2. The van der Waals surface area contributed by atoms with Crippen molar-refractivity contribution in [3.8, 4) is 5.75 Å². The van der Waals surface area contributed by atoms with Crippen molar-refractivity contribution in [1.29, 1.82) is 0 Å². The van der Waals surface area contributed by atoms with E-state index in [-0.39, 0.29) is 29.3 Å². The van der Waals surface area contributed by atoms with Crippen LogP contribution in [0.25, 0.3) is 0 Å². The zero-order valence-corrected chi connectivity index (χ0v) is 22.0. The minimum absolute atomic E-state index is 0.0825. The first-order chi connectivity index (χ1) is 18.1. The molecule has 38 heavy (non-hydrogen) atoms. The number of hydrogen-bond donors (Lipinski definition) is 1. The number of thioether (sulfide) groups is 1. The van der Waals surface area contributed by atoms with Crippen molar-refractivity contribution in [2.24, 2.45) is 9.55 Å². The van der Waals surface area contributed by atoms with E-state index in [4.69, 9.17) is 4.84 Å². The van der Waals surface area contributed by atoms with Gasteiger partial charge in [-0.3, -0.25) is 9.59 Å². The molecule has 1 N–H and O–H groups in total. The number of aromatic hydroxyl groups is 1. The van der Waals surface area contributed by atoms with Gasteiger partial charge in [0, 0.05) is 54.9 Å². The van der Waals surface area contributed by atoms with Gasteiger partial charge < -0.3 is 19.4 Å². The van der Waals surface area contributed by atoms with Crippen LogP contribution in [0.5, 0.6) is 5.75 Å². The summed E-state index contributed by atoms with van der Waals surface area (Å²) >= 11 is 2.14. The monoisotopic (exact) mass is 564 g/mol. The summed E-state index contributed by atoms with van der Waals surface area (Å²) in [5, 5.41) is 15.6. The third-order valence-corrected chi connectivity index (χ3v) is 10.1. The molecule has 4 aliphatic heterocycles. The lowest BCUT2D eigenvalue weighted by molar-refractivity contribution is -0.0655. The van der Waals surface area contributed by atoms with Gasteiger partial charge in [-0.1, -0.05) is 16.9 Å². The van der Waals surface area contributed by atoms with Crippen molar-refractivity contribution >= 4 is 40.4 Å². The molecule has 1 spiro atoms. The fourth-order valence-electron chi connectivity index (χ4n) is 5.67. The Morgan fingerprint density at radius 2 is 1.97 bits per heavy atom. The highest BCUT2D eigenvalue weighted by Gasteiger charge is 2.53. The maximum atomic E-state index is 14.2. The topological polar surface area (TPSA) is 96.5 Å². The molecule has 0 radical (unpaired) electrons. The summed E-state index contributed by atoms with van der Waals surface area (Å²) in [7, 11) is 0. The van der Waals surface area contributed by atoms with E-state index in [1.165, 1.54) is 0 Å². The Hall–Kier alpha value is -2.93. The van der Waals surface area contributed by atoms with Gasteiger partial charge in [0.2, 0.25) is 5.43 Å². The lowest BCUT2D eigenvalue weighted by Gasteiger charge is -2.42. The van der Waals surface area contributed by atoms with E-state index in [1.54, 1.807) is 15.7 Å². The number of halogens is 3. The third-order valence-electron chi connectivity index (χ3n) is 7.65. The molecular weight excluding hydrogens is 541 g/mol. The van der Waals surface area contributed by atoms with Gasteiger partial charge in [0.05, 0.1) is 16.8 Å². The number of hydrogen-bond acceptors (Lipinski definition) is 8. The first-order valence-corrected chi connectivity index (χ1v) is 13.8. The van der Waals surface area contributed by atoms with Gasteiger partial charge in [-0.25, -0.2) is 17.6 Å². The number of nitrogens with zero attached hydrogens (tertiary/aromatic N) is 4. The van der Waals surface area contributed by atoms with E-state index in [0.29, 0.717) is 43.0 Å². The van der Waals surface area contributed by atoms with E-state index >= 15 is 0 Å². The van der Waals surface area contributed by atoms with Crippen LogP contribution in [0.15, 0.2) is 32.7 Å². The fraction of sp³-hybridized carbons (Fsp3) is 0.440. The van der Waals surface area contributed by atoms with Gasteiger partial charge in [0.25, 0.3) is 5.91 Å². The van der Waals surface area contributed by atoms with Crippen molar-refractivity contribution in [2.75, 3.05) is 6.54 Å². The third kappa shape index (κ3) is 3.93. The normalized spacial score (nSPS) is 28.2. The van der Waals surface area contributed by atoms with Crippen molar-refractivity contribution in [1.82, 2.24) is 9.47 Å². The molecule has 1 unspecified atom stereocenters. The number of oxime groups is 1. The molecule has 0 aliphatic carbocycles. The molecule has 2 bridgehead atoms. The second-order valence-corrected chi connectivity index (χ2v) is 12.4. The molecule has 5 heterocycles. The predicted molar refractivity (Wildman–Crippen MR) is 138 cm³/mol. The van der Waals surface area contributed by atoms with Gasteiger partial charge in [0.1, 0.15) is 22.0 Å². The highest BCUT2D eigenvalue weighted by Crippen LogP contribution is 2.50. The maximum absolute atomic E-state index is 14.2. The summed E-state index contributed by atoms with van der Waals surface area (Å²) in [6.07, 6.45) is 3.24. The van der Waals surface area contributed by atoms with E-state index < -0.39 is 50.8 Å². The van der Waals surface area contributed by atoms with Crippen LogP contribution in [0.1, 0.15) is 65.3 Å². The number of aromatic nitrogens is 1. The average Bonchev–Trinajstić information content (AvgIpc) is 3.46. The number of fused-ring (bicyclic) bond motifs is 5. The van der Waals surface area contributed by atoms with Gasteiger partial charge in [-0.2, -0.15) is 0 Å². The summed E-state index contributed by atoms with van der Waals surface area (Å²) in [5.41, 5.74) is -0.804. The number of carbonyl (C=O) groups excluding carboxylic acids is 1. The molecule has 8 nitrogen and oxygen atoms in total. The quantitative estimate of drug-likeness (QED) is 0.542. The van der Waals surface area contributed by atoms with Crippen molar-refractivity contribution in [3.63, 3.8) is 0 Å². The van der Waals surface area contributed by atoms with Crippen LogP contribution >= 0.6 is 23.7 Å². The van der Waals surface area contributed by atoms with Crippen LogP contribution in [0, 0.1) is 17.5 Å². The van der Waals surface area contributed by atoms with Gasteiger partial charge in [-0.05, 0) is 38.6 Å². The molecule has 4 atom stereocenters. The Morgan fingerprint density at radius 1 is 1.24 bits per heavy atom. The highest BCUT2D eigenvalue weighted by molar-refractivity contribution is 8.27. The zero-order valence-electron chi connectivity index (χ0n) is 20.4. The van der Waals surface area contributed by atoms with E-state index in [1.807, 2.05) is 13.8 Å². The molecule has 2 aromatic rings. The number of pyridine rings is 1. The Kier molecular flexibility index (Phi) is 6.06. The SMILES string of the molecule is CC1=NO[C@@]2(CC[C@H](C)N3C[C@H]2n2cc(C4SN=C(Cc5c(F)cc(F)cc5F)S4)c(=O)c(O)c2C3=O)C1. The Bertz CT molecular complexity index is 1470. The molecule has 0 saturated carbocycles. The first-order valence-electron chi connectivity index (χ1n) is 12.1. The average molecular weight is 565 g/mol. The molecule has 200 valence electrons. The summed E-state index contributed by atoms with van der Waals surface area (Å²) < 4.78 is 47.0. The summed E-state index contributed by atoms with van der Waals surface area (Å²) in [4.78, 5) is 34.4. The second-order valence-electron chi connectivity index (χ2n) is 10.1. The van der Waals surface area contributed by atoms with Crippen LogP contribution in [0.3, 0.4) is 0 Å². The minimum atomic E-state index is -1.02. The molecule has 1 amide bonds. The number of rotatable bonds is 3. The summed E-state index contributed by atoms with van der Waals surface area (Å²) in [6, 6.07) is 0.709. The lowest BCUT2D eigenvalue weighted by Crippen LogP contribution is -2.52. The molecule has 1 aromatic heterocycles. The van der Waals surface area contributed by atoms with Gasteiger partial charge in [-0.15, -0.1) is 0 Å². The van der Waals surface area contributed by atoms with Crippen molar-refractivity contribution < 1.29 is 27.9 Å². The van der Waals surface area contributed by atoms with Crippen LogP contribution < -0.4 is 5.43 Å². The van der Waals surface area contributed by atoms with Gasteiger partial charge >= 0.3 is 0 Å². The largest absolute Gasteiger partial charge is 0.503 e. The number of benzene rings is 1. The van der Waals surface area contributed by atoms with E-state index in [0.717, 1.165) is 29.4 Å². The fourth-order valence-corrected chi connectivity index (χ4v) is 7.94. The van der Waals surface area contributed by atoms with Crippen molar-refractivity contribution in [2.45, 2.75) is 61.8 Å². The molecule has 6 rings (SSSR count). The summed E-state index contributed by atoms with van der Waals surface area (Å²) in [5.74, 6) is -4.12. The molecule has 1 aromatic carbocycles. The smallest absolute Gasteiger partial charge is 0.274 e. The minimum Gasteiger partial charge on any atom is -0.503 e. The second kappa shape index (κ2) is 9.08. The number of carbonyl (C=O) groups is 1. The summed E-state index contributed by atoms with van der Waals surface area (Å²) in [6.45, 7) is 4.15. The lowest BCUT2D eigenvalue weighted by atomic mass is 9.84. The Labute approximate surface area is 224 Å². The molecular formula is C25H23F3N4O4S2. The standard InChI is InChI=1S/C25H23F3N4O4S2/c1-11-8-25(36-29-11)4-3-12(2)31-10-18(25)32-9-15(21(33)22(34)20(32)23(31)35)24-37-19(30-38-24)7-14-16(27)5-13(26)6-17(14)28/h5-6,9,12,18,24,34H,3-4,7-8,10H2,1-2H3/t12-,18+,24?,25-/m0/s1. The molecule has 1 saturated heterocycles. The van der Waals surface area contributed by atoms with Gasteiger partial charge in [0.15, 0.2) is 17.0 Å². The van der Waals surface area contributed by atoms with Crippen LogP contribution in [0.2, 0.25) is 0 Å². The van der Waals surface area contributed by atoms with Crippen LogP contribution in [-0.4, -0.2) is 49.4 Å². The van der Waals surface area contributed by atoms with E-state index in [9.17, 15) is 27.9 Å². The zero-order chi connectivity index (χ0) is 26.9.